The molecule has 2 rings (SSSR count). The summed E-state index contributed by atoms with van der Waals surface area (Å²) in [7, 11) is 1.30. The first kappa shape index (κ1) is 11.4. The molecule has 0 saturated heterocycles. The number of benzene rings is 1. The van der Waals surface area contributed by atoms with Gasteiger partial charge in [-0.05, 0) is 18.4 Å². The Balaban J connectivity index is 2.44. The van der Waals surface area contributed by atoms with Gasteiger partial charge in [0.05, 0.1) is 17.7 Å². The zero-order valence-corrected chi connectivity index (χ0v) is 9.38. The van der Waals surface area contributed by atoms with E-state index in [-0.39, 0.29) is 5.69 Å². The number of rotatable bonds is 1. The van der Waals surface area contributed by atoms with E-state index in [1.807, 2.05) is 0 Å². The number of hydrogen-bond donors (Lipinski definition) is 0. The van der Waals surface area contributed by atoms with Gasteiger partial charge >= 0.3 is 6.09 Å². The summed E-state index contributed by atoms with van der Waals surface area (Å²) in [5.74, 6) is 0. The van der Waals surface area contributed by atoms with Gasteiger partial charge in [-0.15, -0.1) is 0 Å². The van der Waals surface area contributed by atoms with Crippen LogP contribution >= 0.6 is 0 Å². The monoisotopic (exact) mass is 236 g/mol. The Bertz CT molecular complexity index is 473. The predicted molar refractivity (Wildman–Crippen MR) is 61.2 cm³/mol. The largest absolute Gasteiger partial charge is 0.452 e. The predicted octanol–water partition coefficient (Wildman–Crippen LogP) is 2.11. The maximum absolute atomic E-state index is 11.5. The minimum Gasteiger partial charge on any atom is -0.452 e. The molecule has 0 bridgehead atoms. The van der Waals surface area contributed by atoms with Crippen molar-refractivity contribution in [2.45, 2.75) is 12.8 Å². The molecule has 0 N–H and O–H groups in total. The lowest BCUT2D eigenvalue weighted by molar-refractivity contribution is -0.384. The van der Waals surface area contributed by atoms with Gasteiger partial charge in [-0.2, -0.15) is 0 Å². The van der Waals surface area contributed by atoms with Crippen LogP contribution in [0.3, 0.4) is 0 Å². The average molecular weight is 236 g/mol. The van der Waals surface area contributed by atoms with Crippen LogP contribution in [0.15, 0.2) is 18.2 Å². The molecule has 1 heterocycles. The number of methoxy groups -OCH3 is 1. The van der Waals surface area contributed by atoms with Crippen molar-refractivity contribution in [1.82, 2.24) is 0 Å². The summed E-state index contributed by atoms with van der Waals surface area (Å²) in [6.45, 7) is 0.529. The standard InChI is InChI=1S/C11H12N2O4/c1-17-11(14)12-6-2-3-8-4-5-9(13(15)16)7-10(8)12/h4-5,7H,2-3,6H2,1H3. The highest BCUT2D eigenvalue weighted by Gasteiger charge is 2.25. The first-order valence-corrected chi connectivity index (χ1v) is 5.26. The molecule has 1 aliphatic rings. The molecule has 1 aromatic rings. The van der Waals surface area contributed by atoms with Crippen LogP contribution in [0.4, 0.5) is 16.2 Å². The highest BCUT2D eigenvalue weighted by Crippen LogP contribution is 2.31. The van der Waals surface area contributed by atoms with E-state index < -0.39 is 11.0 Å². The van der Waals surface area contributed by atoms with Crippen molar-refractivity contribution in [3.05, 3.63) is 33.9 Å². The van der Waals surface area contributed by atoms with Crippen LogP contribution in [-0.4, -0.2) is 24.7 Å². The topological polar surface area (TPSA) is 72.7 Å². The number of nitro groups is 1. The van der Waals surface area contributed by atoms with Gasteiger partial charge in [0, 0.05) is 18.7 Å². The van der Waals surface area contributed by atoms with E-state index in [4.69, 9.17) is 0 Å². The maximum atomic E-state index is 11.5. The molecule has 0 atom stereocenters. The smallest absolute Gasteiger partial charge is 0.414 e. The molecule has 0 aliphatic carbocycles. The van der Waals surface area contributed by atoms with Crippen molar-refractivity contribution in [3.63, 3.8) is 0 Å². The maximum Gasteiger partial charge on any atom is 0.414 e. The van der Waals surface area contributed by atoms with Gasteiger partial charge in [0.25, 0.3) is 5.69 Å². The number of nitrogens with zero attached hydrogens (tertiary/aromatic N) is 2. The molecule has 6 heteroatoms. The zero-order chi connectivity index (χ0) is 12.4. The highest BCUT2D eigenvalue weighted by atomic mass is 16.6. The summed E-state index contributed by atoms with van der Waals surface area (Å²) in [5.41, 5.74) is 1.50. The minimum atomic E-state index is -0.480. The number of fused-ring (bicyclic) bond motifs is 1. The molecular formula is C11H12N2O4. The molecule has 0 unspecified atom stereocenters. The lowest BCUT2D eigenvalue weighted by Gasteiger charge is -2.27. The molecule has 1 amide bonds. The summed E-state index contributed by atoms with van der Waals surface area (Å²) in [6.07, 6.45) is 1.17. The molecule has 6 nitrogen and oxygen atoms in total. The van der Waals surface area contributed by atoms with E-state index in [0.717, 1.165) is 18.4 Å². The van der Waals surface area contributed by atoms with Gasteiger partial charge in [-0.3, -0.25) is 15.0 Å². The fourth-order valence-corrected chi connectivity index (χ4v) is 1.98. The molecule has 1 aliphatic heterocycles. The van der Waals surface area contributed by atoms with E-state index in [9.17, 15) is 14.9 Å². The number of carbonyl (C=O) groups is 1. The van der Waals surface area contributed by atoms with Crippen molar-refractivity contribution in [3.8, 4) is 0 Å². The van der Waals surface area contributed by atoms with Crippen LogP contribution < -0.4 is 4.90 Å². The van der Waals surface area contributed by atoms with Gasteiger partial charge in [0.2, 0.25) is 0 Å². The second kappa shape index (κ2) is 4.40. The number of ether oxygens (including phenoxy) is 1. The summed E-state index contributed by atoms with van der Waals surface area (Å²) >= 11 is 0. The van der Waals surface area contributed by atoms with Gasteiger partial charge in [-0.25, -0.2) is 4.79 Å². The Labute approximate surface area is 97.9 Å². The highest BCUT2D eigenvalue weighted by molar-refractivity contribution is 5.89. The number of nitro benzene ring substituents is 1. The summed E-state index contributed by atoms with van der Waals surface area (Å²) < 4.78 is 4.66. The average Bonchev–Trinajstić information content (AvgIpc) is 2.36. The Morgan fingerprint density at radius 2 is 2.29 bits per heavy atom. The number of amides is 1. The molecule has 1 aromatic carbocycles. The third-order valence-electron chi connectivity index (χ3n) is 2.79. The van der Waals surface area contributed by atoms with E-state index in [2.05, 4.69) is 4.74 Å². The first-order valence-electron chi connectivity index (χ1n) is 5.26. The summed E-state index contributed by atoms with van der Waals surface area (Å²) in [4.78, 5) is 23.2. The molecular weight excluding hydrogens is 224 g/mol. The quantitative estimate of drug-likeness (QED) is 0.553. The molecule has 0 fully saturated rings. The molecule has 0 saturated carbocycles. The van der Waals surface area contributed by atoms with Crippen molar-refractivity contribution < 1.29 is 14.5 Å². The second-order valence-corrected chi connectivity index (χ2v) is 3.80. The van der Waals surface area contributed by atoms with E-state index in [1.165, 1.54) is 24.1 Å². The van der Waals surface area contributed by atoms with Crippen LogP contribution in [0.2, 0.25) is 0 Å². The summed E-state index contributed by atoms with van der Waals surface area (Å²) in [5, 5.41) is 10.7. The third-order valence-corrected chi connectivity index (χ3v) is 2.79. The fraction of sp³-hybridized carbons (Fsp3) is 0.364. The molecule has 90 valence electrons. The first-order chi connectivity index (χ1) is 8.13. The van der Waals surface area contributed by atoms with Gasteiger partial charge in [0.1, 0.15) is 0 Å². The molecule has 0 spiro atoms. The SMILES string of the molecule is COC(=O)N1CCCc2ccc([N+](=O)[O-])cc21. The lowest BCUT2D eigenvalue weighted by Crippen LogP contribution is -2.35. The number of hydrogen-bond acceptors (Lipinski definition) is 4. The number of aryl methyl sites for hydroxylation is 1. The van der Waals surface area contributed by atoms with Gasteiger partial charge < -0.3 is 4.74 Å². The molecule has 0 radical (unpaired) electrons. The Hall–Kier alpha value is -2.11. The van der Waals surface area contributed by atoms with Crippen LogP contribution in [0.1, 0.15) is 12.0 Å². The van der Waals surface area contributed by atoms with Gasteiger partial charge in [-0.1, -0.05) is 6.07 Å². The molecule has 17 heavy (non-hydrogen) atoms. The van der Waals surface area contributed by atoms with Crippen LogP contribution in [-0.2, 0) is 11.2 Å². The minimum absolute atomic E-state index is 0.0143. The number of anilines is 1. The Morgan fingerprint density at radius 1 is 1.53 bits per heavy atom. The van der Waals surface area contributed by atoms with E-state index >= 15 is 0 Å². The van der Waals surface area contributed by atoms with Crippen LogP contribution in [0, 0.1) is 10.1 Å². The van der Waals surface area contributed by atoms with Crippen molar-refractivity contribution in [1.29, 1.82) is 0 Å². The Morgan fingerprint density at radius 3 is 2.94 bits per heavy atom. The fourth-order valence-electron chi connectivity index (χ4n) is 1.98. The second-order valence-electron chi connectivity index (χ2n) is 3.80. The number of carbonyl (C=O) groups excluding carboxylic acids is 1. The van der Waals surface area contributed by atoms with Crippen molar-refractivity contribution >= 4 is 17.5 Å². The lowest BCUT2D eigenvalue weighted by atomic mass is 10.0. The van der Waals surface area contributed by atoms with Gasteiger partial charge in [0.15, 0.2) is 0 Å². The van der Waals surface area contributed by atoms with Crippen LogP contribution in [0.25, 0.3) is 0 Å². The van der Waals surface area contributed by atoms with Crippen molar-refractivity contribution in [2.24, 2.45) is 0 Å². The zero-order valence-electron chi connectivity index (χ0n) is 9.38. The molecule has 0 aromatic heterocycles. The van der Waals surface area contributed by atoms with E-state index in [1.54, 1.807) is 6.07 Å². The van der Waals surface area contributed by atoms with Crippen molar-refractivity contribution in [2.75, 3.05) is 18.6 Å². The summed E-state index contributed by atoms with van der Waals surface area (Å²) in [6, 6.07) is 4.58. The normalized spacial score (nSPS) is 14.1. The van der Waals surface area contributed by atoms with E-state index in [0.29, 0.717) is 12.2 Å². The third kappa shape index (κ3) is 2.06. The number of non-ortho nitro benzene ring substituents is 1. The van der Waals surface area contributed by atoms with Crippen LogP contribution in [0.5, 0.6) is 0 Å². The Kier molecular flexibility index (Phi) is 2.95.